The van der Waals surface area contributed by atoms with Crippen molar-refractivity contribution in [3.8, 4) is 0 Å². The normalized spacial score (nSPS) is 30.0. The molecule has 80 valence electrons. The maximum absolute atomic E-state index is 6.36. The summed E-state index contributed by atoms with van der Waals surface area (Å²) in [6.07, 6.45) is 2.55. The van der Waals surface area contributed by atoms with E-state index >= 15 is 0 Å². The first-order valence-electron chi connectivity index (χ1n) is 5.54. The Morgan fingerprint density at radius 2 is 2.27 bits per heavy atom. The van der Waals surface area contributed by atoms with Gasteiger partial charge in [-0.1, -0.05) is 28.1 Å². The summed E-state index contributed by atoms with van der Waals surface area (Å²) >= 11 is 3.62. The zero-order valence-corrected chi connectivity index (χ0v) is 10.2. The van der Waals surface area contributed by atoms with Crippen molar-refractivity contribution in [2.45, 2.75) is 31.5 Å². The van der Waals surface area contributed by atoms with Gasteiger partial charge in [0, 0.05) is 23.1 Å². The summed E-state index contributed by atoms with van der Waals surface area (Å²) < 4.78 is 1.18. The molecule has 15 heavy (non-hydrogen) atoms. The summed E-state index contributed by atoms with van der Waals surface area (Å²) in [7, 11) is 0. The summed E-state index contributed by atoms with van der Waals surface area (Å²) in [5.41, 5.74) is 9.09. The van der Waals surface area contributed by atoms with Crippen LogP contribution in [0.1, 0.15) is 30.0 Å². The highest BCUT2D eigenvalue weighted by atomic mass is 79.9. The summed E-state index contributed by atoms with van der Waals surface area (Å²) in [6, 6.07) is 7.16. The Kier molecular flexibility index (Phi) is 2.34. The highest BCUT2D eigenvalue weighted by Crippen LogP contribution is 2.39. The molecule has 1 fully saturated rings. The third kappa shape index (κ3) is 1.45. The molecule has 0 aromatic heterocycles. The average molecular weight is 267 g/mol. The van der Waals surface area contributed by atoms with Gasteiger partial charge in [0.1, 0.15) is 0 Å². The number of hydrogen-bond acceptors (Lipinski definition) is 2. The fourth-order valence-electron chi connectivity index (χ4n) is 2.96. The van der Waals surface area contributed by atoms with Crippen molar-refractivity contribution in [1.82, 2.24) is 4.90 Å². The van der Waals surface area contributed by atoms with Gasteiger partial charge < -0.3 is 5.73 Å². The monoisotopic (exact) mass is 266 g/mol. The Balaban J connectivity index is 2.08. The van der Waals surface area contributed by atoms with E-state index in [0.29, 0.717) is 6.04 Å². The minimum absolute atomic E-state index is 0.187. The second kappa shape index (κ2) is 3.58. The third-order valence-corrected chi connectivity index (χ3v) is 4.37. The van der Waals surface area contributed by atoms with Crippen molar-refractivity contribution in [2.75, 3.05) is 6.54 Å². The lowest BCUT2D eigenvalue weighted by atomic mass is 9.90. The molecule has 2 atom stereocenters. The van der Waals surface area contributed by atoms with Gasteiger partial charge in [0.25, 0.3) is 0 Å². The topological polar surface area (TPSA) is 29.3 Å². The molecule has 0 amide bonds. The molecule has 1 unspecified atom stereocenters. The molecule has 2 aliphatic heterocycles. The molecule has 3 heteroatoms. The van der Waals surface area contributed by atoms with Crippen LogP contribution in [-0.2, 0) is 6.54 Å². The number of rotatable bonds is 0. The maximum atomic E-state index is 6.36. The Bertz CT molecular complexity index is 391. The highest BCUT2D eigenvalue weighted by Gasteiger charge is 2.36. The van der Waals surface area contributed by atoms with Crippen LogP contribution in [0.2, 0.25) is 0 Å². The van der Waals surface area contributed by atoms with Crippen molar-refractivity contribution in [2.24, 2.45) is 5.73 Å². The van der Waals surface area contributed by atoms with Crippen molar-refractivity contribution in [3.63, 3.8) is 0 Å². The van der Waals surface area contributed by atoms with Crippen LogP contribution in [0.3, 0.4) is 0 Å². The summed E-state index contributed by atoms with van der Waals surface area (Å²) in [4.78, 5) is 2.53. The Hall–Kier alpha value is -0.380. The SMILES string of the molecule is NC1c2c(Br)cccc2CN2CCC[C@@H]12. The van der Waals surface area contributed by atoms with E-state index in [1.807, 2.05) is 0 Å². The van der Waals surface area contributed by atoms with E-state index < -0.39 is 0 Å². The van der Waals surface area contributed by atoms with Crippen LogP contribution < -0.4 is 5.73 Å². The molecule has 2 heterocycles. The van der Waals surface area contributed by atoms with E-state index in [1.165, 1.54) is 35.0 Å². The second-order valence-electron chi connectivity index (χ2n) is 4.52. The molecule has 1 aromatic carbocycles. The quantitative estimate of drug-likeness (QED) is 0.782. The number of nitrogens with two attached hydrogens (primary N) is 1. The predicted octanol–water partition coefficient (Wildman–Crippen LogP) is 2.43. The zero-order chi connectivity index (χ0) is 10.4. The summed E-state index contributed by atoms with van der Waals surface area (Å²) in [6.45, 7) is 2.29. The van der Waals surface area contributed by atoms with E-state index in [-0.39, 0.29) is 6.04 Å². The highest BCUT2D eigenvalue weighted by molar-refractivity contribution is 9.10. The number of hydrogen-bond donors (Lipinski definition) is 1. The molecular weight excluding hydrogens is 252 g/mol. The second-order valence-corrected chi connectivity index (χ2v) is 5.37. The fourth-order valence-corrected chi connectivity index (χ4v) is 3.63. The van der Waals surface area contributed by atoms with Crippen LogP contribution in [0, 0.1) is 0 Å². The minimum atomic E-state index is 0.187. The zero-order valence-electron chi connectivity index (χ0n) is 8.62. The Labute approximate surface area is 98.6 Å². The van der Waals surface area contributed by atoms with Crippen molar-refractivity contribution < 1.29 is 0 Å². The van der Waals surface area contributed by atoms with Crippen LogP contribution in [-0.4, -0.2) is 17.5 Å². The van der Waals surface area contributed by atoms with E-state index in [2.05, 4.69) is 39.0 Å². The van der Waals surface area contributed by atoms with Crippen LogP contribution in [0.4, 0.5) is 0 Å². The number of fused-ring (bicyclic) bond motifs is 2. The van der Waals surface area contributed by atoms with Crippen molar-refractivity contribution >= 4 is 15.9 Å². The standard InChI is InChI=1S/C12H15BrN2/c13-9-4-1-3-8-7-15-6-2-5-10(15)12(14)11(8)9/h1,3-4,10,12H,2,5-7,14H2/t10-,12?/m0/s1. The fraction of sp³-hybridized carbons (Fsp3) is 0.500. The van der Waals surface area contributed by atoms with Crippen LogP contribution in [0.15, 0.2) is 22.7 Å². The predicted molar refractivity (Wildman–Crippen MR) is 64.5 cm³/mol. The molecule has 2 N–H and O–H groups in total. The van der Waals surface area contributed by atoms with Gasteiger partial charge in [-0.3, -0.25) is 4.90 Å². The van der Waals surface area contributed by atoms with Gasteiger partial charge in [-0.25, -0.2) is 0 Å². The summed E-state index contributed by atoms with van der Waals surface area (Å²) in [5, 5.41) is 0. The third-order valence-electron chi connectivity index (χ3n) is 3.68. The van der Waals surface area contributed by atoms with Crippen LogP contribution in [0.25, 0.3) is 0 Å². The number of halogens is 1. The molecule has 0 spiro atoms. The lowest BCUT2D eigenvalue weighted by molar-refractivity contribution is 0.197. The van der Waals surface area contributed by atoms with E-state index in [4.69, 9.17) is 5.73 Å². The maximum Gasteiger partial charge on any atom is 0.0467 e. The molecule has 0 radical (unpaired) electrons. The molecule has 3 rings (SSSR count). The molecular formula is C12H15BrN2. The first kappa shape index (κ1) is 9.82. The van der Waals surface area contributed by atoms with Crippen molar-refractivity contribution in [1.29, 1.82) is 0 Å². The van der Waals surface area contributed by atoms with E-state index in [0.717, 1.165) is 6.54 Å². The molecule has 2 aliphatic rings. The van der Waals surface area contributed by atoms with E-state index in [1.54, 1.807) is 0 Å². The van der Waals surface area contributed by atoms with Crippen molar-refractivity contribution in [3.05, 3.63) is 33.8 Å². The average Bonchev–Trinajstić information content (AvgIpc) is 2.66. The van der Waals surface area contributed by atoms with Gasteiger partial charge >= 0.3 is 0 Å². The van der Waals surface area contributed by atoms with Gasteiger partial charge in [0.2, 0.25) is 0 Å². The molecule has 1 saturated heterocycles. The summed E-state index contributed by atoms with van der Waals surface area (Å²) in [5.74, 6) is 0. The smallest absolute Gasteiger partial charge is 0.0467 e. The van der Waals surface area contributed by atoms with Gasteiger partial charge in [-0.05, 0) is 36.6 Å². The Morgan fingerprint density at radius 1 is 1.40 bits per heavy atom. The van der Waals surface area contributed by atoms with Gasteiger partial charge in [0.15, 0.2) is 0 Å². The Morgan fingerprint density at radius 3 is 3.13 bits per heavy atom. The van der Waals surface area contributed by atoms with Crippen LogP contribution in [0.5, 0.6) is 0 Å². The van der Waals surface area contributed by atoms with Gasteiger partial charge in [0.05, 0.1) is 0 Å². The molecule has 1 aromatic rings. The van der Waals surface area contributed by atoms with Crippen LogP contribution >= 0.6 is 15.9 Å². The molecule has 0 saturated carbocycles. The van der Waals surface area contributed by atoms with Gasteiger partial charge in [-0.15, -0.1) is 0 Å². The first-order valence-corrected chi connectivity index (χ1v) is 6.33. The lowest BCUT2D eigenvalue weighted by Crippen LogP contribution is -2.42. The van der Waals surface area contributed by atoms with E-state index in [9.17, 15) is 0 Å². The molecule has 0 aliphatic carbocycles. The molecule has 2 nitrogen and oxygen atoms in total. The first-order chi connectivity index (χ1) is 7.27. The minimum Gasteiger partial charge on any atom is -0.323 e. The van der Waals surface area contributed by atoms with Gasteiger partial charge in [-0.2, -0.15) is 0 Å². The largest absolute Gasteiger partial charge is 0.323 e. The number of nitrogens with zero attached hydrogens (tertiary/aromatic N) is 1. The molecule has 0 bridgehead atoms. The number of benzene rings is 1. The lowest BCUT2D eigenvalue weighted by Gasteiger charge is -2.36.